The van der Waals surface area contributed by atoms with Crippen LogP contribution in [0.2, 0.25) is 5.02 Å². The van der Waals surface area contributed by atoms with Gasteiger partial charge in [-0.1, -0.05) is 17.7 Å². The van der Waals surface area contributed by atoms with Crippen LogP contribution in [-0.2, 0) is 11.2 Å². The van der Waals surface area contributed by atoms with E-state index >= 15 is 0 Å². The molecule has 0 saturated carbocycles. The van der Waals surface area contributed by atoms with Crippen molar-refractivity contribution in [3.63, 3.8) is 0 Å². The average Bonchev–Trinajstić information content (AvgIpc) is 1.94. The van der Waals surface area contributed by atoms with E-state index in [4.69, 9.17) is 11.6 Å². The lowest BCUT2D eigenvalue weighted by atomic mass is 10.1. The number of aryl methyl sites for hydroxylation is 1. The van der Waals surface area contributed by atoms with Gasteiger partial charge in [0.2, 0.25) is 0 Å². The van der Waals surface area contributed by atoms with Crippen molar-refractivity contribution in [3.8, 4) is 0 Å². The van der Waals surface area contributed by atoms with E-state index in [0.29, 0.717) is 11.4 Å². The van der Waals surface area contributed by atoms with E-state index in [0.717, 1.165) is 11.1 Å². The molecular weight excluding hydrogens is 192 g/mol. The minimum Gasteiger partial charge on any atom is -0.287 e. The predicted molar refractivity (Wildman–Crippen MR) is 53.9 cm³/mol. The molecular formula is C9H9ClOS. The van der Waals surface area contributed by atoms with Gasteiger partial charge in [-0.2, -0.15) is 0 Å². The molecule has 1 aromatic carbocycles. The van der Waals surface area contributed by atoms with E-state index in [1.807, 2.05) is 19.1 Å². The van der Waals surface area contributed by atoms with Crippen LogP contribution in [-0.4, -0.2) is 5.12 Å². The number of benzene rings is 1. The van der Waals surface area contributed by atoms with Crippen LogP contribution in [0, 0.1) is 6.92 Å². The van der Waals surface area contributed by atoms with Crippen molar-refractivity contribution in [2.75, 3.05) is 0 Å². The Bertz CT molecular complexity index is 309. The molecule has 0 N–H and O–H groups in total. The zero-order valence-corrected chi connectivity index (χ0v) is 8.32. The molecule has 0 unspecified atom stereocenters. The second-order valence-electron chi connectivity index (χ2n) is 2.64. The molecule has 1 rings (SSSR count). The number of carbonyl (C=O) groups excluding carboxylic acids is 1. The van der Waals surface area contributed by atoms with Gasteiger partial charge >= 0.3 is 0 Å². The van der Waals surface area contributed by atoms with Gasteiger partial charge in [-0.3, -0.25) is 4.79 Å². The molecule has 3 heteroatoms. The highest BCUT2D eigenvalue weighted by Gasteiger charge is 2.01. The summed E-state index contributed by atoms with van der Waals surface area (Å²) in [4.78, 5) is 10.7. The van der Waals surface area contributed by atoms with E-state index < -0.39 is 0 Å². The van der Waals surface area contributed by atoms with E-state index in [-0.39, 0.29) is 5.12 Å². The quantitative estimate of drug-likeness (QED) is 0.727. The van der Waals surface area contributed by atoms with Crippen LogP contribution < -0.4 is 0 Å². The molecule has 64 valence electrons. The Morgan fingerprint density at radius 2 is 2.25 bits per heavy atom. The SMILES string of the molecule is Cc1cc(Cl)ccc1CC(=O)S. The number of hydrogen-bond donors (Lipinski definition) is 1. The summed E-state index contributed by atoms with van der Waals surface area (Å²) in [5.41, 5.74) is 2.02. The van der Waals surface area contributed by atoms with Crippen molar-refractivity contribution in [2.24, 2.45) is 0 Å². The smallest absolute Gasteiger partial charge is 0.190 e. The summed E-state index contributed by atoms with van der Waals surface area (Å²) < 4.78 is 0. The Kier molecular flexibility index (Phi) is 3.18. The van der Waals surface area contributed by atoms with Crippen LogP contribution in [0.1, 0.15) is 11.1 Å². The highest BCUT2D eigenvalue weighted by molar-refractivity contribution is 7.96. The van der Waals surface area contributed by atoms with E-state index in [1.165, 1.54) is 0 Å². The summed E-state index contributed by atoms with van der Waals surface area (Å²) in [6, 6.07) is 5.47. The molecule has 0 bridgehead atoms. The first-order valence-corrected chi connectivity index (χ1v) is 4.39. The van der Waals surface area contributed by atoms with Crippen molar-refractivity contribution >= 4 is 29.3 Å². The molecule has 12 heavy (non-hydrogen) atoms. The molecule has 0 fully saturated rings. The highest BCUT2D eigenvalue weighted by Crippen LogP contribution is 2.15. The number of thiol groups is 1. The third kappa shape index (κ3) is 2.54. The molecule has 1 aromatic rings. The van der Waals surface area contributed by atoms with Gasteiger partial charge in [0.05, 0.1) is 0 Å². The fraction of sp³-hybridized carbons (Fsp3) is 0.222. The van der Waals surface area contributed by atoms with Gasteiger partial charge in [0, 0.05) is 11.4 Å². The lowest BCUT2D eigenvalue weighted by molar-refractivity contribution is -0.110. The van der Waals surface area contributed by atoms with Gasteiger partial charge in [-0.25, -0.2) is 0 Å². The van der Waals surface area contributed by atoms with Crippen LogP contribution in [0.5, 0.6) is 0 Å². The Morgan fingerprint density at radius 1 is 1.58 bits per heavy atom. The van der Waals surface area contributed by atoms with Gasteiger partial charge in [-0.15, -0.1) is 12.6 Å². The Hall–Kier alpha value is -0.470. The molecule has 0 spiro atoms. The largest absolute Gasteiger partial charge is 0.287 e. The normalized spacial score (nSPS) is 9.92. The van der Waals surface area contributed by atoms with Gasteiger partial charge in [-0.05, 0) is 30.2 Å². The molecule has 0 radical (unpaired) electrons. The van der Waals surface area contributed by atoms with E-state index in [1.54, 1.807) is 6.07 Å². The Labute approximate surface area is 82.1 Å². The van der Waals surface area contributed by atoms with Gasteiger partial charge < -0.3 is 0 Å². The van der Waals surface area contributed by atoms with Crippen LogP contribution in [0.15, 0.2) is 18.2 Å². The van der Waals surface area contributed by atoms with Crippen molar-refractivity contribution in [1.82, 2.24) is 0 Å². The van der Waals surface area contributed by atoms with Crippen molar-refractivity contribution in [3.05, 3.63) is 34.3 Å². The zero-order chi connectivity index (χ0) is 9.14. The van der Waals surface area contributed by atoms with Crippen LogP contribution in [0.25, 0.3) is 0 Å². The number of halogens is 1. The summed E-state index contributed by atoms with van der Waals surface area (Å²) >= 11 is 9.46. The maximum atomic E-state index is 10.7. The molecule has 0 aromatic heterocycles. The fourth-order valence-electron chi connectivity index (χ4n) is 1.02. The van der Waals surface area contributed by atoms with Crippen LogP contribution in [0.3, 0.4) is 0 Å². The number of rotatable bonds is 2. The van der Waals surface area contributed by atoms with Crippen molar-refractivity contribution in [1.29, 1.82) is 0 Å². The lowest BCUT2D eigenvalue weighted by Gasteiger charge is -2.02. The first-order valence-electron chi connectivity index (χ1n) is 3.56. The topological polar surface area (TPSA) is 17.1 Å². The average molecular weight is 201 g/mol. The molecule has 0 aliphatic rings. The first kappa shape index (κ1) is 9.62. The second kappa shape index (κ2) is 3.97. The van der Waals surface area contributed by atoms with Crippen molar-refractivity contribution < 1.29 is 4.79 Å². The maximum absolute atomic E-state index is 10.7. The standard InChI is InChI=1S/C9H9ClOS/c1-6-4-8(10)3-2-7(6)5-9(11)12/h2-4H,5H2,1H3,(H,11,12). The number of hydrogen-bond acceptors (Lipinski definition) is 1. The summed E-state index contributed by atoms with van der Waals surface area (Å²) in [6.45, 7) is 1.93. The van der Waals surface area contributed by atoms with Gasteiger partial charge in [0.25, 0.3) is 0 Å². The van der Waals surface area contributed by atoms with Crippen LogP contribution in [0.4, 0.5) is 0 Å². The van der Waals surface area contributed by atoms with Crippen LogP contribution >= 0.6 is 24.2 Å². The fourth-order valence-corrected chi connectivity index (χ4v) is 1.42. The Balaban J connectivity index is 2.93. The summed E-state index contributed by atoms with van der Waals surface area (Å²) in [5, 5.41) is 0.572. The monoisotopic (exact) mass is 200 g/mol. The third-order valence-electron chi connectivity index (χ3n) is 1.65. The third-order valence-corrected chi connectivity index (χ3v) is 2.04. The second-order valence-corrected chi connectivity index (χ2v) is 3.58. The Morgan fingerprint density at radius 3 is 2.75 bits per heavy atom. The van der Waals surface area contributed by atoms with E-state index in [2.05, 4.69) is 12.6 Å². The minimum absolute atomic E-state index is 0.125. The van der Waals surface area contributed by atoms with Gasteiger partial charge in [0.1, 0.15) is 0 Å². The minimum atomic E-state index is -0.125. The summed E-state index contributed by atoms with van der Waals surface area (Å²) in [7, 11) is 0. The maximum Gasteiger partial charge on any atom is 0.190 e. The molecule has 0 saturated heterocycles. The first-order chi connectivity index (χ1) is 5.59. The molecule has 0 atom stereocenters. The van der Waals surface area contributed by atoms with Gasteiger partial charge in [0.15, 0.2) is 5.12 Å². The summed E-state index contributed by atoms with van der Waals surface area (Å²) in [6.07, 6.45) is 0.367. The molecule has 0 aliphatic heterocycles. The zero-order valence-electron chi connectivity index (χ0n) is 6.67. The molecule has 0 aliphatic carbocycles. The molecule has 0 amide bonds. The highest BCUT2D eigenvalue weighted by atomic mass is 35.5. The lowest BCUT2D eigenvalue weighted by Crippen LogP contribution is -1.95. The molecule has 1 nitrogen and oxygen atoms in total. The molecule has 0 heterocycles. The van der Waals surface area contributed by atoms with Crippen molar-refractivity contribution in [2.45, 2.75) is 13.3 Å². The predicted octanol–water partition coefficient (Wildman–Crippen LogP) is 2.65. The summed E-state index contributed by atoms with van der Waals surface area (Å²) in [5.74, 6) is 0. The number of carbonyl (C=O) groups is 1. The van der Waals surface area contributed by atoms with E-state index in [9.17, 15) is 4.79 Å².